The maximum atomic E-state index is 6.31. The molecule has 0 radical (unpaired) electrons. The summed E-state index contributed by atoms with van der Waals surface area (Å²) in [4.78, 5) is 0. The highest BCUT2D eigenvalue weighted by atomic mass is 35.5. The summed E-state index contributed by atoms with van der Waals surface area (Å²) in [7, 11) is 0. The van der Waals surface area contributed by atoms with Gasteiger partial charge in [-0.2, -0.15) is 0 Å². The molecule has 2 rings (SSSR count). The molecule has 2 aromatic carbocycles. The van der Waals surface area contributed by atoms with Crippen LogP contribution in [0.4, 0.5) is 0 Å². The minimum Gasteiger partial charge on any atom is -0.306 e. The fourth-order valence-electron chi connectivity index (χ4n) is 2.04. The van der Waals surface area contributed by atoms with E-state index in [-0.39, 0.29) is 6.04 Å². The van der Waals surface area contributed by atoms with Gasteiger partial charge in [0.2, 0.25) is 0 Å². The van der Waals surface area contributed by atoms with Crippen molar-refractivity contribution < 1.29 is 0 Å². The van der Waals surface area contributed by atoms with E-state index in [1.54, 1.807) is 6.07 Å². The average molecular weight is 315 g/mol. The van der Waals surface area contributed by atoms with Crippen LogP contribution in [-0.4, -0.2) is 6.54 Å². The van der Waals surface area contributed by atoms with Crippen LogP contribution >= 0.6 is 34.8 Å². The van der Waals surface area contributed by atoms with Crippen molar-refractivity contribution in [2.24, 2.45) is 0 Å². The van der Waals surface area contributed by atoms with E-state index in [0.29, 0.717) is 15.1 Å². The Hall–Kier alpha value is -0.730. The van der Waals surface area contributed by atoms with Crippen LogP contribution in [0.5, 0.6) is 0 Å². The molecule has 4 heteroatoms. The quantitative estimate of drug-likeness (QED) is 0.802. The van der Waals surface area contributed by atoms with E-state index < -0.39 is 0 Å². The third-order valence-corrected chi connectivity index (χ3v) is 3.95. The van der Waals surface area contributed by atoms with Crippen molar-refractivity contribution in [1.29, 1.82) is 0 Å². The molecule has 0 fully saturated rings. The summed E-state index contributed by atoms with van der Waals surface area (Å²) in [6.45, 7) is 2.87. The fraction of sp³-hybridized carbons (Fsp3) is 0.200. The predicted octanol–water partition coefficient (Wildman–Crippen LogP) is 5.35. The zero-order chi connectivity index (χ0) is 13.8. The molecule has 19 heavy (non-hydrogen) atoms. The molecular weight excluding hydrogens is 301 g/mol. The van der Waals surface area contributed by atoms with Crippen LogP contribution in [0.1, 0.15) is 24.1 Å². The van der Waals surface area contributed by atoms with Gasteiger partial charge in [-0.25, -0.2) is 0 Å². The van der Waals surface area contributed by atoms with Crippen LogP contribution in [0.15, 0.2) is 42.5 Å². The number of rotatable bonds is 4. The second-order valence-corrected chi connectivity index (χ2v) is 5.41. The molecule has 2 aromatic rings. The summed E-state index contributed by atoms with van der Waals surface area (Å²) in [5.41, 5.74) is 2.02. The summed E-state index contributed by atoms with van der Waals surface area (Å²) in [5.74, 6) is 0. The molecule has 1 nitrogen and oxygen atoms in total. The Morgan fingerprint density at radius 3 is 2.47 bits per heavy atom. The van der Waals surface area contributed by atoms with Gasteiger partial charge in [-0.15, -0.1) is 0 Å². The Kier molecular flexibility index (Phi) is 5.12. The lowest BCUT2D eigenvalue weighted by atomic mass is 9.98. The SMILES string of the molecule is CCNC(c1cccc(Cl)c1)c1cccc(Cl)c1Cl. The Bertz CT molecular complexity index is 569. The van der Waals surface area contributed by atoms with Gasteiger partial charge in [0, 0.05) is 5.02 Å². The zero-order valence-electron chi connectivity index (χ0n) is 10.5. The topological polar surface area (TPSA) is 12.0 Å². The van der Waals surface area contributed by atoms with E-state index in [4.69, 9.17) is 34.8 Å². The first-order chi connectivity index (χ1) is 9.13. The Morgan fingerprint density at radius 1 is 1.05 bits per heavy atom. The van der Waals surface area contributed by atoms with Crippen LogP contribution in [-0.2, 0) is 0 Å². The number of hydrogen-bond donors (Lipinski definition) is 1. The van der Waals surface area contributed by atoms with E-state index in [1.807, 2.05) is 36.4 Å². The van der Waals surface area contributed by atoms with Gasteiger partial charge in [0.05, 0.1) is 16.1 Å². The molecule has 0 aromatic heterocycles. The van der Waals surface area contributed by atoms with Crippen molar-refractivity contribution in [3.05, 3.63) is 68.7 Å². The van der Waals surface area contributed by atoms with E-state index in [1.165, 1.54) is 0 Å². The Labute approximate surface area is 128 Å². The number of halogens is 3. The minimum atomic E-state index is -0.0186. The van der Waals surface area contributed by atoms with Crippen molar-refractivity contribution in [1.82, 2.24) is 5.32 Å². The Balaban J connectivity index is 2.48. The lowest BCUT2D eigenvalue weighted by molar-refractivity contribution is 0.631. The van der Waals surface area contributed by atoms with Crippen molar-refractivity contribution in [2.45, 2.75) is 13.0 Å². The van der Waals surface area contributed by atoms with Gasteiger partial charge in [-0.3, -0.25) is 0 Å². The molecule has 0 aliphatic rings. The van der Waals surface area contributed by atoms with Gasteiger partial charge in [0.1, 0.15) is 0 Å². The highest BCUT2D eigenvalue weighted by molar-refractivity contribution is 6.42. The van der Waals surface area contributed by atoms with Crippen LogP contribution < -0.4 is 5.32 Å². The lowest BCUT2D eigenvalue weighted by Gasteiger charge is -2.20. The van der Waals surface area contributed by atoms with Crippen LogP contribution in [0.25, 0.3) is 0 Å². The molecule has 1 unspecified atom stereocenters. The van der Waals surface area contributed by atoms with E-state index in [0.717, 1.165) is 17.7 Å². The maximum absolute atomic E-state index is 6.31. The second-order valence-electron chi connectivity index (χ2n) is 4.19. The number of nitrogens with one attached hydrogen (secondary N) is 1. The largest absolute Gasteiger partial charge is 0.306 e. The lowest BCUT2D eigenvalue weighted by Crippen LogP contribution is -2.22. The van der Waals surface area contributed by atoms with E-state index in [2.05, 4.69) is 12.2 Å². The van der Waals surface area contributed by atoms with Gasteiger partial charge in [0.25, 0.3) is 0 Å². The summed E-state index contributed by atoms with van der Waals surface area (Å²) in [6, 6.07) is 13.4. The monoisotopic (exact) mass is 313 g/mol. The molecule has 0 saturated carbocycles. The normalized spacial score (nSPS) is 12.4. The highest BCUT2D eigenvalue weighted by Gasteiger charge is 2.17. The van der Waals surface area contributed by atoms with Gasteiger partial charge >= 0.3 is 0 Å². The third-order valence-electron chi connectivity index (χ3n) is 2.88. The van der Waals surface area contributed by atoms with Crippen molar-refractivity contribution in [3.63, 3.8) is 0 Å². The summed E-state index contributed by atoms with van der Waals surface area (Å²) in [6.07, 6.45) is 0. The van der Waals surface area contributed by atoms with Crippen LogP contribution in [0.2, 0.25) is 15.1 Å². The van der Waals surface area contributed by atoms with Crippen molar-refractivity contribution >= 4 is 34.8 Å². The maximum Gasteiger partial charge on any atom is 0.0643 e. The molecule has 0 saturated heterocycles. The molecular formula is C15H14Cl3N. The molecule has 0 bridgehead atoms. The fourth-order valence-corrected chi connectivity index (χ4v) is 2.66. The zero-order valence-corrected chi connectivity index (χ0v) is 12.7. The molecule has 0 heterocycles. The highest BCUT2D eigenvalue weighted by Crippen LogP contribution is 2.33. The van der Waals surface area contributed by atoms with Gasteiger partial charge < -0.3 is 5.32 Å². The van der Waals surface area contributed by atoms with Crippen LogP contribution in [0, 0.1) is 0 Å². The molecule has 0 amide bonds. The Morgan fingerprint density at radius 2 is 1.79 bits per heavy atom. The number of hydrogen-bond acceptors (Lipinski definition) is 1. The number of benzene rings is 2. The second kappa shape index (κ2) is 6.62. The minimum absolute atomic E-state index is 0.0186. The van der Waals surface area contributed by atoms with Gasteiger partial charge in [0.15, 0.2) is 0 Å². The smallest absolute Gasteiger partial charge is 0.0643 e. The van der Waals surface area contributed by atoms with Crippen LogP contribution in [0.3, 0.4) is 0 Å². The molecule has 1 N–H and O–H groups in total. The van der Waals surface area contributed by atoms with E-state index >= 15 is 0 Å². The van der Waals surface area contributed by atoms with Crippen molar-refractivity contribution in [2.75, 3.05) is 6.54 Å². The van der Waals surface area contributed by atoms with Gasteiger partial charge in [-0.1, -0.05) is 66.0 Å². The predicted molar refractivity (Wildman–Crippen MR) is 83.4 cm³/mol. The standard InChI is InChI=1S/C15H14Cl3N/c1-2-19-15(10-5-3-6-11(16)9-10)12-7-4-8-13(17)14(12)18/h3-9,15,19H,2H2,1H3. The first kappa shape index (κ1) is 14.7. The molecule has 1 atom stereocenters. The first-order valence-corrected chi connectivity index (χ1v) is 7.19. The van der Waals surface area contributed by atoms with Crippen molar-refractivity contribution in [3.8, 4) is 0 Å². The molecule has 0 aliphatic heterocycles. The first-order valence-electron chi connectivity index (χ1n) is 6.06. The molecule has 0 aliphatic carbocycles. The average Bonchev–Trinajstić information content (AvgIpc) is 2.40. The van der Waals surface area contributed by atoms with E-state index in [9.17, 15) is 0 Å². The third kappa shape index (κ3) is 3.43. The summed E-state index contributed by atoms with van der Waals surface area (Å²) >= 11 is 18.5. The summed E-state index contributed by atoms with van der Waals surface area (Å²) in [5, 5.41) is 5.25. The molecule has 0 spiro atoms. The molecule has 100 valence electrons. The van der Waals surface area contributed by atoms with Gasteiger partial charge in [-0.05, 0) is 35.9 Å². The summed E-state index contributed by atoms with van der Waals surface area (Å²) < 4.78 is 0.